The van der Waals surface area contributed by atoms with Crippen LogP contribution in [0.3, 0.4) is 0 Å². The van der Waals surface area contributed by atoms with E-state index in [1.54, 1.807) is 32.2 Å². The first-order valence-corrected chi connectivity index (χ1v) is 10.7. The monoisotopic (exact) mass is 421 g/mol. The van der Waals surface area contributed by atoms with Gasteiger partial charge in [-0.1, -0.05) is 11.6 Å². The third kappa shape index (κ3) is 3.19. The van der Waals surface area contributed by atoms with Crippen LogP contribution in [0.15, 0.2) is 16.4 Å². The fraction of sp³-hybridized carbons (Fsp3) is 0.600. The van der Waals surface area contributed by atoms with Gasteiger partial charge in [0.2, 0.25) is 11.4 Å². The summed E-state index contributed by atoms with van der Waals surface area (Å²) in [6.45, 7) is 5.35. The average molecular weight is 422 g/mol. The number of alkyl carbamates (subject to hydrolysis) is 1. The third-order valence-electron chi connectivity index (χ3n) is 4.02. The molecule has 1 aromatic heterocycles. The van der Waals surface area contributed by atoms with E-state index in [0.29, 0.717) is 16.3 Å². The molecule has 1 amide bonds. The number of amides is 1. The minimum Gasteiger partial charge on any atom is -0.444 e. The summed E-state index contributed by atoms with van der Waals surface area (Å²) in [5.41, 5.74) is -3.12. The van der Waals surface area contributed by atoms with Crippen molar-refractivity contribution in [1.82, 2.24) is 9.62 Å². The summed E-state index contributed by atoms with van der Waals surface area (Å²) >= 11 is 7.58. The van der Waals surface area contributed by atoms with E-state index in [-0.39, 0.29) is 12.6 Å². The number of rotatable bonds is 1. The van der Waals surface area contributed by atoms with Crippen molar-refractivity contribution in [3.05, 3.63) is 21.3 Å². The van der Waals surface area contributed by atoms with E-state index in [1.807, 2.05) is 0 Å². The summed E-state index contributed by atoms with van der Waals surface area (Å²) in [5.74, 6) is -0.120. The smallest absolute Gasteiger partial charge is 0.414 e. The standard InChI is InChI=1S/C15H20ClN3O5S2/c1-14(2,3)24-13(20)17-12-18-15(10-9(16)5-8-25-10)6-7-23-11(15)26(21,22)19(12)4/h5,8,11H,6-7H2,1-4H3,(H,17,18,20). The van der Waals surface area contributed by atoms with Crippen molar-refractivity contribution in [2.24, 2.45) is 4.99 Å². The molecule has 2 unspecified atom stereocenters. The quantitative estimate of drug-likeness (QED) is 0.751. The lowest BCUT2D eigenvalue weighted by Gasteiger charge is -2.38. The van der Waals surface area contributed by atoms with Crippen LogP contribution in [0.1, 0.15) is 32.1 Å². The van der Waals surface area contributed by atoms with Gasteiger partial charge in [0.25, 0.3) is 10.0 Å². The Morgan fingerprint density at radius 3 is 2.81 bits per heavy atom. The SMILES string of the molecule is CN1C(NC(=O)OC(C)(C)C)=NC2(c3sccc3Cl)CCOC2S1(=O)=O. The predicted octanol–water partition coefficient (Wildman–Crippen LogP) is 2.50. The van der Waals surface area contributed by atoms with Gasteiger partial charge >= 0.3 is 6.09 Å². The summed E-state index contributed by atoms with van der Waals surface area (Å²) in [4.78, 5) is 17.3. The van der Waals surface area contributed by atoms with Gasteiger partial charge in [-0.25, -0.2) is 22.5 Å². The van der Waals surface area contributed by atoms with E-state index in [0.717, 1.165) is 4.31 Å². The number of hydrogen-bond acceptors (Lipinski definition) is 7. The number of halogens is 1. The molecule has 1 saturated heterocycles. The first-order chi connectivity index (χ1) is 12.0. The molecule has 0 aliphatic carbocycles. The second kappa shape index (κ2) is 6.36. The molecule has 11 heteroatoms. The number of thiophene rings is 1. The Labute approximate surface area is 161 Å². The Kier molecular flexibility index (Phi) is 4.75. The van der Waals surface area contributed by atoms with E-state index in [2.05, 4.69) is 10.3 Å². The van der Waals surface area contributed by atoms with Crippen LogP contribution in [0.5, 0.6) is 0 Å². The number of fused-ring (bicyclic) bond motifs is 1. The molecular formula is C15H20ClN3O5S2. The van der Waals surface area contributed by atoms with Crippen LogP contribution in [0.4, 0.5) is 4.79 Å². The van der Waals surface area contributed by atoms with Gasteiger partial charge in [-0.15, -0.1) is 11.3 Å². The molecule has 2 aliphatic heterocycles. The molecule has 26 heavy (non-hydrogen) atoms. The molecule has 0 saturated carbocycles. The summed E-state index contributed by atoms with van der Waals surface area (Å²) in [6.07, 6.45) is -0.451. The van der Waals surface area contributed by atoms with Crippen molar-refractivity contribution in [3.63, 3.8) is 0 Å². The van der Waals surface area contributed by atoms with Crippen molar-refractivity contribution >= 4 is 45.0 Å². The van der Waals surface area contributed by atoms with Crippen LogP contribution in [0.2, 0.25) is 5.02 Å². The van der Waals surface area contributed by atoms with Gasteiger partial charge in [0.15, 0.2) is 0 Å². The Bertz CT molecular complexity index is 861. The van der Waals surface area contributed by atoms with Crippen LogP contribution in [-0.4, -0.2) is 49.5 Å². The molecule has 0 aromatic carbocycles. The van der Waals surface area contributed by atoms with Crippen molar-refractivity contribution in [3.8, 4) is 0 Å². The molecule has 1 fully saturated rings. The molecular weight excluding hydrogens is 402 g/mol. The Hall–Kier alpha value is -1.36. The lowest BCUT2D eigenvalue weighted by Crippen LogP contribution is -2.57. The van der Waals surface area contributed by atoms with E-state index >= 15 is 0 Å². The molecule has 0 bridgehead atoms. The maximum Gasteiger partial charge on any atom is 0.414 e. The predicted molar refractivity (Wildman–Crippen MR) is 98.9 cm³/mol. The van der Waals surface area contributed by atoms with E-state index in [9.17, 15) is 13.2 Å². The Balaban J connectivity index is 2.06. The first kappa shape index (κ1) is 19.4. The number of carbonyl (C=O) groups is 1. The van der Waals surface area contributed by atoms with Crippen LogP contribution in [0.25, 0.3) is 0 Å². The first-order valence-electron chi connectivity index (χ1n) is 7.90. The number of hydrogen-bond donors (Lipinski definition) is 1. The number of guanidine groups is 1. The van der Waals surface area contributed by atoms with Gasteiger partial charge < -0.3 is 9.47 Å². The van der Waals surface area contributed by atoms with E-state index in [1.165, 1.54) is 18.4 Å². The number of nitrogens with one attached hydrogen (secondary N) is 1. The summed E-state index contributed by atoms with van der Waals surface area (Å²) < 4.78 is 37.6. The Morgan fingerprint density at radius 1 is 1.54 bits per heavy atom. The maximum atomic E-state index is 13.0. The highest BCUT2D eigenvalue weighted by Gasteiger charge is 2.59. The third-order valence-corrected chi connectivity index (χ3v) is 7.53. The minimum absolute atomic E-state index is 0.120. The van der Waals surface area contributed by atoms with Gasteiger partial charge in [-0.05, 0) is 32.2 Å². The second-order valence-corrected chi connectivity index (χ2v) is 10.4. The highest BCUT2D eigenvalue weighted by Crippen LogP contribution is 2.49. The van der Waals surface area contributed by atoms with Gasteiger partial charge in [0, 0.05) is 13.5 Å². The molecule has 1 N–H and O–H groups in total. The lowest BCUT2D eigenvalue weighted by molar-refractivity contribution is 0.0557. The van der Waals surface area contributed by atoms with E-state index in [4.69, 9.17) is 21.1 Å². The van der Waals surface area contributed by atoms with Gasteiger partial charge in [0.05, 0.1) is 16.5 Å². The molecule has 8 nitrogen and oxygen atoms in total. The highest BCUT2D eigenvalue weighted by molar-refractivity contribution is 7.90. The maximum absolute atomic E-state index is 13.0. The molecule has 0 spiro atoms. The molecule has 144 valence electrons. The van der Waals surface area contributed by atoms with Crippen molar-refractivity contribution in [1.29, 1.82) is 0 Å². The fourth-order valence-electron chi connectivity index (χ4n) is 2.92. The number of aliphatic imine (C=N–C) groups is 1. The van der Waals surface area contributed by atoms with E-state index < -0.39 is 32.7 Å². The number of sulfonamides is 1. The van der Waals surface area contributed by atoms with Crippen LogP contribution >= 0.6 is 22.9 Å². The van der Waals surface area contributed by atoms with Gasteiger partial charge in [-0.2, -0.15) is 0 Å². The van der Waals surface area contributed by atoms with Gasteiger partial charge in [-0.3, -0.25) is 5.32 Å². The number of carbonyl (C=O) groups excluding carboxylic acids is 1. The normalized spacial score (nSPS) is 27.7. The zero-order valence-corrected chi connectivity index (χ0v) is 17.2. The Morgan fingerprint density at radius 2 is 2.23 bits per heavy atom. The van der Waals surface area contributed by atoms with Crippen molar-refractivity contribution in [2.75, 3.05) is 13.7 Å². The molecule has 0 radical (unpaired) electrons. The van der Waals surface area contributed by atoms with Crippen LogP contribution in [-0.2, 0) is 25.0 Å². The lowest BCUT2D eigenvalue weighted by atomic mass is 9.97. The number of nitrogens with zero attached hydrogens (tertiary/aromatic N) is 2. The van der Waals surface area contributed by atoms with Crippen molar-refractivity contribution in [2.45, 2.75) is 43.8 Å². The average Bonchev–Trinajstić information content (AvgIpc) is 3.10. The fourth-order valence-corrected chi connectivity index (χ4v) is 6.07. The second-order valence-electron chi connectivity index (χ2n) is 7.05. The largest absolute Gasteiger partial charge is 0.444 e. The van der Waals surface area contributed by atoms with Gasteiger partial charge in [0.1, 0.15) is 11.1 Å². The highest BCUT2D eigenvalue weighted by atomic mass is 35.5. The zero-order valence-electron chi connectivity index (χ0n) is 14.8. The molecule has 2 atom stereocenters. The summed E-state index contributed by atoms with van der Waals surface area (Å²) in [7, 11) is -2.61. The molecule has 1 aromatic rings. The summed E-state index contributed by atoms with van der Waals surface area (Å²) in [5, 5.41) is 4.63. The minimum atomic E-state index is -3.92. The number of ether oxygens (including phenoxy) is 2. The van der Waals surface area contributed by atoms with Crippen molar-refractivity contribution < 1.29 is 22.7 Å². The zero-order chi connectivity index (χ0) is 19.3. The summed E-state index contributed by atoms with van der Waals surface area (Å²) in [6, 6.07) is 1.69. The molecule has 2 aliphatic rings. The topological polar surface area (TPSA) is 97.3 Å². The molecule has 3 rings (SSSR count). The van der Waals surface area contributed by atoms with Crippen LogP contribution < -0.4 is 5.32 Å². The molecule has 3 heterocycles. The van der Waals surface area contributed by atoms with Crippen LogP contribution in [0, 0.1) is 0 Å².